The molecule has 0 fully saturated rings. The molecule has 0 aliphatic rings. The van der Waals surface area contributed by atoms with Crippen LogP contribution in [0.5, 0.6) is 0 Å². The highest BCUT2D eigenvalue weighted by molar-refractivity contribution is 4.66. The molecule has 0 aliphatic heterocycles. The third kappa shape index (κ3) is 37.8. The molecular weight excluding hydrogens is 683 g/mol. The van der Waals surface area contributed by atoms with Gasteiger partial charge in [0.05, 0.1) is 0 Å². The molecule has 3 N–H and O–H groups in total. The molecule has 0 aliphatic carbocycles. The zero-order chi connectivity index (χ0) is 40.3. The summed E-state index contributed by atoms with van der Waals surface area (Å²) in [6.07, 6.45) is 41.3. The van der Waals surface area contributed by atoms with Crippen molar-refractivity contribution in [3.8, 4) is 0 Å². The lowest BCUT2D eigenvalue weighted by Gasteiger charge is -2.24. The number of aliphatic hydroxyl groups is 3. The summed E-state index contributed by atoms with van der Waals surface area (Å²) in [4.78, 5) is 2.65. The Morgan fingerprint density at radius 1 is 0.345 bits per heavy atom. The third-order valence-electron chi connectivity index (χ3n) is 12.0. The number of rotatable bonds is 47. The van der Waals surface area contributed by atoms with Gasteiger partial charge in [-0.3, -0.25) is 0 Å². The van der Waals surface area contributed by atoms with Gasteiger partial charge in [0.2, 0.25) is 0 Å². The molecule has 6 nitrogen and oxygen atoms in total. The third-order valence-corrected chi connectivity index (χ3v) is 12.0. The number of hydrogen-bond donors (Lipinski definition) is 3. The quantitative estimate of drug-likeness (QED) is 0.0421. The molecule has 4 unspecified atom stereocenters. The van der Waals surface area contributed by atoms with Gasteiger partial charge in [0.15, 0.2) is 12.6 Å². The summed E-state index contributed by atoms with van der Waals surface area (Å²) in [6.45, 7) is 14.1. The van der Waals surface area contributed by atoms with Crippen molar-refractivity contribution in [3.63, 3.8) is 0 Å². The first kappa shape index (κ1) is 54.8. The molecular formula is C49H101NO5. The van der Waals surface area contributed by atoms with Crippen molar-refractivity contribution in [2.75, 3.05) is 39.5 Å². The Balaban J connectivity index is 4.41. The van der Waals surface area contributed by atoms with Crippen LogP contribution in [0.15, 0.2) is 0 Å². The molecule has 0 amide bonds. The maximum absolute atomic E-state index is 10.9. The fraction of sp³-hybridized carbons (Fsp3) is 1.00. The molecule has 0 aromatic rings. The van der Waals surface area contributed by atoms with E-state index >= 15 is 0 Å². The Bertz CT molecular complexity index is 659. The molecule has 0 heterocycles. The minimum atomic E-state index is -0.601. The van der Waals surface area contributed by atoms with Crippen LogP contribution >= 0.6 is 0 Å². The fourth-order valence-corrected chi connectivity index (χ4v) is 8.12. The smallest absolute Gasteiger partial charge is 0.157 e. The van der Waals surface area contributed by atoms with E-state index < -0.39 is 12.6 Å². The molecule has 0 aromatic carbocycles. The fourth-order valence-electron chi connectivity index (χ4n) is 8.12. The average molecular weight is 784 g/mol. The number of nitrogens with zero attached hydrogens (tertiary/aromatic N) is 1. The van der Waals surface area contributed by atoms with Crippen molar-refractivity contribution < 1.29 is 24.8 Å². The summed E-state index contributed by atoms with van der Waals surface area (Å²) in [5.41, 5.74) is 0. The second-order valence-corrected chi connectivity index (χ2v) is 17.3. The second-order valence-electron chi connectivity index (χ2n) is 17.3. The van der Waals surface area contributed by atoms with Crippen LogP contribution in [0.2, 0.25) is 0 Å². The van der Waals surface area contributed by atoms with E-state index in [0.717, 1.165) is 90.3 Å². The molecule has 6 heteroatoms. The van der Waals surface area contributed by atoms with Gasteiger partial charge in [0, 0.05) is 31.7 Å². The van der Waals surface area contributed by atoms with Gasteiger partial charge < -0.3 is 29.7 Å². The van der Waals surface area contributed by atoms with Crippen LogP contribution in [0.3, 0.4) is 0 Å². The van der Waals surface area contributed by atoms with Crippen LogP contribution in [0, 0.1) is 11.8 Å². The molecule has 0 rings (SSSR count). The lowest BCUT2D eigenvalue weighted by atomic mass is 9.93. The van der Waals surface area contributed by atoms with Gasteiger partial charge in [-0.15, -0.1) is 0 Å². The van der Waals surface area contributed by atoms with E-state index in [2.05, 4.69) is 32.6 Å². The maximum atomic E-state index is 10.9. The first-order valence-corrected chi connectivity index (χ1v) is 25.0. The normalized spacial score (nSPS) is 14.2. The Morgan fingerprint density at radius 2 is 0.618 bits per heavy atom. The van der Waals surface area contributed by atoms with E-state index in [4.69, 9.17) is 9.47 Å². The van der Waals surface area contributed by atoms with Gasteiger partial charge in [0.1, 0.15) is 0 Å². The number of hydrogen-bond acceptors (Lipinski definition) is 6. The lowest BCUT2D eigenvalue weighted by Crippen LogP contribution is -2.27. The van der Waals surface area contributed by atoms with Crippen LogP contribution < -0.4 is 0 Å². The van der Waals surface area contributed by atoms with Gasteiger partial charge in [0.25, 0.3) is 0 Å². The van der Waals surface area contributed by atoms with Gasteiger partial charge in [-0.2, -0.15) is 0 Å². The van der Waals surface area contributed by atoms with Crippen LogP contribution in [-0.2, 0) is 9.47 Å². The van der Waals surface area contributed by atoms with Crippen LogP contribution in [0.4, 0.5) is 0 Å². The Kier molecular flexibility index (Phi) is 44.7. The van der Waals surface area contributed by atoms with E-state index in [9.17, 15) is 15.3 Å². The summed E-state index contributed by atoms with van der Waals surface area (Å²) in [5.74, 6) is 0.581. The van der Waals surface area contributed by atoms with Crippen molar-refractivity contribution in [2.24, 2.45) is 11.8 Å². The first-order valence-electron chi connectivity index (χ1n) is 25.0. The van der Waals surface area contributed by atoms with Gasteiger partial charge >= 0.3 is 0 Å². The summed E-state index contributed by atoms with van der Waals surface area (Å²) in [6, 6.07) is 0. The largest absolute Gasteiger partial charge is 0.396 e. The van der Waals surface area contributed by atoms with E-state index in [1.165, 1.54) is 154 Å². The van der Waals surface area contributed by atoms with Gasteiger partial charge in [-0.05, 0) is 90.3 Å². The molecule has 0 radical (unpaired) electrons. The molecule has 0 aromatic heterocycles. The van der Waals surface area contributed by atoms with Crippen molar-refractivity contribution in [1.29, 1.82) is 0 Å². The van der Waals surface area contributed by atoms with Crippen molar-refractivity contribution in [2.45, 2.75) is 265 Å². The number of unbranched alkanes of at least 4 members (excludes halogenated alkanes) is 24. The number of ether oxygens (including phenoxy) is 2. The van der Waals surface area contributed by atoms with Gasteiger partial charge in [-0.25, -0.2) is 0 Å². The Labute approximate surface area is 345 Å². The first-order chi connectivity index (χ1) is 27.0. The van der Waals surface area contributed by atoms with Crippen molar-refractivity contribution in [1.82, 2.24) is 4.90 Å². The predicted molar refractivity (Wildman–Crippen MR) is 239 cm³/mol. The molecule has 0 saturated heterocycles. The zero-order valence-electron chi connectivity index (χ0n) is 37.9. The molecule has 55 heavy (non-hydrogen) atoms. The zero-order valence-corrected chi connectivity index (χ0v) is 37.9. The summed E-state index contributed by atoms with van der Waals surface area (Å²) in [7, 11) is 0. The van der Waals surface area contributed by atoms with Crippen LogP contribution in [0.25, 0.3) is 0 Å². The van der Waals surface area contributed by atoms with Crippen molar-refractivity contribution in [3.05, 3.63) is 0 Å². The highest BCUT2D eigenvalue weighted by Gasteiger charge is 2.20. The average Bonchev–Trinajstić information content (AvgIpc) is 3.19. The minimum Gasteiger partial charge on any atom is -0.396 e. The SMILES string of the molecule is CCCCCCCCC(CCCCCC)C(O)OCCCCCCN(CCCCCO)CCCCCCOC(O)C(CCCCCC)CCCCCCCC. The maximum Gasteiger partial charge on any atom is 0.157 e. The van der Waals surface area contributed by atoms with E-state index in [-0.39, 0.29) is 0 Å². The monoisotopic (exact) mass is 784 g/mol. The molecule has 332 valence electrons. The highest BCUT2D eigenvalue weighted by Crippen LogP contribution is 2.25. The Hall–Kier alpha value is -0.240. The standard InChI is InChI=1S/C49H101NO5/c1-5-9-13-17-19-28-38-46(36-26-15-11-7-3)48(52)54-44-34-23-21-30-40-50(42-32-25-33-43-51)41-31-22-24-35-45-55-49(53)47(37-27-16-12-8-4)39-29-20-18-14-10-6-2/h46-49,51-53H,5-45H2,1-4H3. The van der Waals surface area contributed by atoms with E-state index in [1.54, 1.807) is 0 Å². The summed E-state index contributed by atoms with van der Waals surface area (Å²) in [5, 5.41) is 31.1. The molecule has 0 spiro atoms. The summed E-state index contributed by atoms with van der Waals surface area (Å²) < 4.78 is 12.1. The molecule has 0 saturated carbocycles. The second kappa shape index (κ2) is 44.9. The van der Waals surface area contributed by atoms with E-state index in [1.807, 2.05) is 0 Å². The van der Waals surface area contributed by atoms with E-state index in [0.29, 0.717) is 31.7 Å². The highest BCUT2D eigenvalue weighted by atomic mass is 16.6. The van der Waals surface area contributed by atoms with Crippen LogP contribution in [-0.4, -0.2) is 72.3 Å². The predicted octanol–water partition coefficient (Wildman–Crippen LogP) is 13.9. The Morgan fingerprint density at radius 3 is 0.964 bits per heavy atom. The summed E-state index contributed by atoms with van der Waals surface area (Å²) >= 11 is 0. The molecule has 0 bridgehead atoms. The van der Waals surface area contributed by atoms with Crippen LogP contribution in [0.1, 0.15) is 252 Å². The number of aliphatic hydroxyl groups excluding tert-OH is 3. The van der Waals surface area contributed by atoms with Gasteiger partial charge in [-0.1, -0.05) is 182 Å². The minimum absolute atomic E-state index is 0.290. The van der Waals surface area contributed by atoms with Crippen molar-refractivity contribution >= 4 is 0 Å². The topological polar surface area (TPSA) is 82.4 Å². The molecule has 4 atom stereocenters. The lowest BCUT2D eigenvalue weighted by molar-refractivity contribution is -0.139.